The number of carbonyl (C=O) groups excluding carboxylic acids is 1. The number of anilines is 1. The Morgan fingerprint density at radius 2 is 2.12 bits per heavy atom. The first-order valence-corrected chi connectivity index (χ1v) is 9.31. The normalized spacial score (nSPS) is 11.3. The highest BCUT2D eigenvalue weighted by Gasteiger charge is 2.24. The fourth-order valence-corrected chi connectivity index (χ4v) is 3.52. The minimum absolute atomic E-state index is 0.0201. The molecule has 25 heavy (non-hydrogen) atoms. The number of aromatic nitrogens is 2. The van der Waals surface area contributed by atoms with Crippen LogP contribution < -0.4 is 10.6 Å². The second-order valence-electron chi connectivity index (χ2n) is 6.81. The molecular weight excluding hydrogens is 336 g/mol. The van der Waals surface area contributed by atoms with Crippen molar-refractivity contribution in [1.29, 1.82) is 0 Å². The molecule has 0 unspecified atom stereocenters. The molecule has 0 aliphatic heterocycles. The van der Waals surface area contributed by atoms with E-state index in [0.29, 0.717) is 6.61 Å². The van der Waals surface area contributed by atoms with Crippen molar-refractivity contribution in [2.24, 2.45) is 5.73 Å². The number of ether oxygens (including phenoxy) is 1. The number of unbranched alkanes of at least 4 members (excludes halogenated alkanes) is 2. The van der Waals surface area contributed by atoms with E-state index in [2.05, 4.69) is 36.0 Å². The molecule has 0 atom stereocenters. The smallest absolute Gasteiger partial charge is 0.404 e. The maximum Gasteiger partial charge on any atom is 0.404 e. The van der Waals surface area contributed by atoms with Crippen LogP contribution in [0.15, 0.2) is 29.9 Å². The third-order valence-corrected chi connectivity index (χ3v) is 4.62. The topological polar surface area (TPSA) is 81.3 Å². The lowest BCUT2D eigenvalue weighted by atomic mass is 10.1. The molecule has 0 saturated carbocycles. The Kier molecular flexibility index (Phi) is 6.75. The lowest BCUT2D eigenvalue weighted by molar-refractivity contribution is 0.154. The summed E-state index contributed by atoms with van der Waals surface area (Å²) >= 11 is 1.65. The summed E-state index contributed by atoms with van der Waals surface area (Å²) in [7, 11) is 0. The van der Waals surface area contributed by atoms with Crippen LogP contribution in [0, 0.1) is 0 Å². The minimum Gasteiger partial charge on any atom is -0.450 e. The van der Waals surface area contributed by atoms with Crippen LogP contribution in [0.4, 0.5) is 9.93 Å². The fraction of sp³-hybridized carbons (Fsp3) is 0.500. The van der Waals surface area contributed by atoms with Crippen LogP contribution in [0.1, 0.15) is 40.0 Å². The quantitative estimate of drug-likeness (QED) is 0.716. The van der Waals surface area contributed by atoms with Gasteiger partial charge in [0.2, 0.25) is 0 Å². The molecule has 2 aromatic heterocycles. The molecule has 0 radical (unpaired) electrons. The van der Waals surface area contributed by atoms with Crippen LogP contribution in [0.25, 0.3) is 11.3 Å². The van der Waals surface area contributed by atoms with Crippen molar-refractivity contribution in [1.82, 2.24) is 9.97 Å². The standard InChI is InChI=1S/C18H26N4O2S/c1-18(2,3)22(10-5-4-6-11-24-16(19)23)17-21-15(13-25-17)14-8-7-9-20-12-14/h7-9,12-13H,4-6,10-11H2,1-3H3,(H2,19,23). The predicted octanol–water partition coefficient (Wildman–Crippen LogP) is 4.08. The van der Waals surface area contributed by atoms with E-state index in [9.17, 15) is 4.79 Å². The summed E-state index contributed by atoms with van der Waals surface area (Å²) in [6, 6.07) is 3.94. The van der Waals surface area contributed by atoms with E-state index in [-0.39, 0.29) is 5.54 Å². The maximum atomic E-state index is 10.6. The molecule has 0 saturated heterocycles. The Bertz CT molecular complexity index is 667. The zero-order valence-corrected chi connectivity index (χ0v) is 15.9. The van der Waals surface area contributed by atoms with Gasteiger partial charge in [0.25, 0.3) is 0 Å². The number of carbonyl (C=O) groups is 1. The van der Waals surface area contributed by atoms with Crippen LogP contribution in [-0.2, 0) is 4.74 Å². The predicted molar refractivity (Wildman–Crippen MR) is 102 cm³/mol. The second kappa shape index (κ2) is 8.80. The number of amides is 1. The molecule has 0 fully saturated rings. The average molecular weight is 362 g/mol. The van der Waals surface area contributed by atoms with Crippen LogP contribution >= 0.6 is 11.3 Å². The first-order valence-electron chi connectivity index (χ1n) is 8.44. The van der Waals surface area contributed by atoms with Gasteiger partial charge in [-0.2, -0.15) is 0 Å². The second-order valence-corrected chi connectivity index (χ2v) is 7.64. The number of nitrogens with two attached hydrogens (primary N) is 1. The summed E-state index contributed by atoms with van der Waals surface area (Å²) in [5.41, 5.74) is 6.92. The molecule has 2 rings (SSSR count). The van der Waals surface area contributed by atoms with E-state index in [4.69, 9.17) is 15.5 Å². The van der Waals surface area contributed by atoms with Crippen molar-refractivity contribution in [3.63, 3.8) is 0 Å². The summed E-state index contributed by atoms with van der Waals surface area (Å²) in [5.74, 6) is 0. The van der Waals surface area contributed by atoms with E-state index in [1.165, 1.54) is 0 Å². The van der Waals surface area contributed by atoms with Crippen LogP contribution in [0.2, 0.25) is 0 Å². The van der Waals surface area contributed by atoms with E-state index < -0.39 is 6.09 Å². The van der Waals surface area contributed by atoms with E-state index in [1.54, 1.807) is 17.5 Å². The summed E-state index contributed by atoms with van der Waals surface area (Å²) in [6.45, 7) is 7.85. The van der Waals surface area contributed by atoms with E-state index in [0.717, 1.165) is 42.2 Å². The monoisotopic (exact) mass is 362 g/mol. The summed E-state index contributed by atoms with van der Waals surface area (Å²) < 4.78 is 4.76. The first kappa shape index (κ1) is 19.2. The molecule has 0 aliphatic rings. The molecular formula is C18H26N4O2S. The Balaban J connectivity index is 1.96. The lowest BCUT2D eigenvalue weighted by Crippen LogP contribution is -2.42. The fourth-order valence-electron chi connectivity index (χ4n) is 2.47. The Morgan fingerprint density at radius 1 is 1.32 bits per heavy atom. The molecule has 0 aromatic carbocycles. The first-order chi connectivity index (χ1) is 11.9. The lowest BCUT2D eigenvalue weighted by Gasteiger charge is -2.35. The Labute approximate surface area is 153 Å². The van der Waals surface area contributed by atoms with Gasteiger partial charge < -0.3 is 15.4 Å². The van der Waals surface area contributed by atoms with Crippen molar-refractivity contribution in [3.8, 4) is 11.3 Å². The van der Waals surface area contributed by atoms with Gasteiger partial charge in [-0.05, 0) is 52.2 Å². The van der Waals surface area contributed by atoms with Gasteiger partial charge in [0.05, 0.1) is 12.3 Å². The van der Waals surface area contributed by atoms with Gasteiger partial charge in [-0.3, -0.25) is 4.98 Å². The zero-order chi connectivity index (χ0) is 18.3. The molecule has 6 nitrogen and oxygen atoms in total. The Morgan fingerprint density at radius 3 is 2.76 bits per heavy atom. The molecule has 7 heteroatoms. The molecule has 0 bridgehead atoms. The largest absolute Gasteiger partial charge is 0.450 e. The van der Waals surface area contributed by atoms with Crippen molar-refractivity contribution < 1.29 is 9.53 Å². The number of hydrogen-bond donors (Lipinski definition) is 1. The summed E-state index contributed by atoms with van der Waals surface area (Å²) in [6.07, 6.45) is 5.68. The molecule has 1 amide bonds. The van der Waals surface area contributed by atoms with Gasteiger partial charge in [-0.1, -0.05) is 0 Å². The number of rotatable bonds is 8. The van der Waals surface area contributed by atoms with Gasteiger partial charge in [-0.25, -0.2) is 9.78 Å². The van der Waals surface area contributed by atoms with Crippen molar-refractivity contribution in [2.75, 3.05) is 18.1 Å². The summed E-state index contributed by atoms with van der Waals surface area (Å²) in [4.78, 5) is 21.8. The molecule has 2 heterocycles. The zero-order valence-electron chi connectivity index (χ0n) is 15.1. The van der Waals surface area contributed by atoms with Crippen molar-refractivity contribution in [2.45, 2.75) is 45.6 Å². The van der Waals surface area contributed by atoms with Crippen LogP contribution in [0.5, 0.6) is 0 Å². The minimum atomic E-state index is -0.706. The van der Waals surface area contributed by atoms with Crippen molar-refractivity contribution >= 4 is 22.6 Å². The van der Waals surface area contributed by atoms with E-state index >= 15 is 0 Å². The molecule has 0 spiro atoms. The highest BCUT2D eigenvalue weighted by Crippen LogP contribution is 2.31. The summed E-state index contributed by atoms with van der Waals surface area (Å²) in [5, 5.41) is 3.09. The van der Waals surface area contributed by atoms with E-state index in [1.807, 2.05) is 18.3 Å². The average Bonchev–Trinajstić information content (AvgIpc) is 3.03. The molecule has 136 valence electrons. The number of nitrogens with zero attached hydrogens (tertiary/aromatic N) is 3. The van der Waals surface area contributed by atoms with Gasteiger partial charge in [-0.15, -0.1) is 11.3 Å². The SMILES string of the molecule is CC(C)(C)N(CCCCCOC(N)=O)c1nc(-c2cccnc2)cs1. The third kappa shape index (κ3) is 6.01. The third-order valence-electron chi connectivity index (χ3n) is 3.76. The van der Waals surface area contributed by atoms with Gasteiger partial charge >= 0.3 is 6.09 Å². The molecule has 0 aliphatic carbocycles. The highest BCUT2D eigenvalue weighted by atomic mass is 32.1. The van der Waals surface area contributed by atoms with Crippen LogP contribution in [-0.4, -0.2) is 34.8 Å². The molecule has 2 aromatic rings. The number of thiazole rings is 1. The van der Waals surface area contributed by atoms with Gasteiger partial charge in [0.1, 0.15) is 0 Å². The van der Waals surface area contributed by atoms with Gasteiger partial charge in [0.15, 0.2) is 5.13 Å². The number of pyridine rings is 1. The maximum absolute atomic E-state index is 10.6. The number of hydrogen-bond acceptors (Lipinski definition) is 6. The Hall–Kier alpha value is -2.15. The van der Waals surface area contributed by atoms with Crippen LogP contribution in [0.3, 0.4) is 0 Å². The molecule has 2 N–H and O–H groups in total. The highest BCUT2D eigenvalue weighted by molar-refractivity contribution is 7.14. The van der Waals surface area contributed by atoms with Gasteiger partial charge in [0, 0.05) is 35.4 Å². The van der Waals surface area contributed by atoms with Crippen molar-refractivity contribution in [3.05, 3.63) is 29.9 Å². The number of primary amides is 1.